The minimum atomic E-state index is -0.592. The summed E-state index contributed by atoms with van der Waals surface area (Å²) in [4.78, 5) is 40.9. The predicted octanol–water partition coefficient (Wildman–Crippen LogP) is 2.92. The number of amides is 3. The highest BCUT2D eigenvalue weighted by atomic mass is 16.2. The van der Waals surface area contributed by atoms with Crippen molar-refractivity contribution < 1.29 is 14.4 Å². The second-order valence-corrected chi connectivity index (χ2v) is 9.19. The van der Waals surface area contributed by atoms with Crippen LogP contribution in [0, 0.1) is 18.3 Å². The van der Waals surface area contributed by atoms with Crippen LogP contribution < -0.4 is 5.32 Å². The monoisotopic (exact) mass is 454 g/mol. The van der Waals surface area contributed by atoms with Crippen molar-refractivity contribution in [1.82, 2.24) is 15.1 Å². The van der Waals surface area contributed by atoms with Gasteiger partial charge < -0.3 is 4.90 Å². The lowest BCUT2D eigenvalue weighted by Crippen LogP contribution is -2.52. The molecule has 2 aromatic carbocycles. The van der Waals surface area contributed by atoms with Crippen molar-refractivity contribution in [2.75, 3.05) is 13.1 Å². The van der Waals surface area contributed by atoms with Crippen molar-refractivity contribution in [3.63, 3.8) is 0 Å². The molecule has 1 N–H and O–H groups in total. The molecule has 1 unspecified atom stereocenters. The van der Waals surface area contributed by atoms with E-state index in [-0.39, 0.29) is 24.1 Å². The summed E-state index contributed by atoms with van der Waals surface area (Å²) in [6.45, 7) is 5.07. The maximum atomic E-state index is 13.0. The summed E-state index contributed by atoms with van der Waals surface area (Å²) in [5.41, 5.74) is 7.03. The molecule has 0 radical (unpaired) electrons. The van der Waals surface area contributed by atoms with Crippen molar-refractivity contribution >= 4 is 23.3 Å². The van der Waals surface area contributed by atoms with E-state index in [0.717, 1.165) is 42.7 Å². The quantitative estimate of drug-likeness (QED) is 0.717. The Balaban J connectivity index is 1.30. The minimum absolute atomic E-state index is 0.134. The first-order chi connectivity index (χ1) is 16.4. The molecule has 1 fully saturated rings. The number of hydrogen-bond donors (Lipinski definition) is 1. The Bertz CT molecular complexity index is 1260. The van der Waals surface area contributed by atoms with Gasteiger partial charge in [-0.15, -0.1) is 0 Å². The van der Waals surface area contributed by atoms with Crippen molar-refractivity contribution in [1.29, 1.82) is 5.26 Å². The molecule has 7 nitrogen and oxygen atoms in total. The maximum Gasteiger partial charge on any atom is 0.255 e. The SMILES string of the molecule is Cc1c(C2=CCN(Cc3ccc(C#N)cc3)CC2)ccc2c1CN(C1CCC(=O)NC1=O)C2=O. The number of nitrogens with one attached hydrogen (secondary N) is 1. The largest absolute Gasteiger partial charge is 0.322 e. The molecule has 3 heterocycles. The van der Waals surface area contributed by atoms with Gasteiger partial charge in [0.25, 0.3) is 5.91 Å². The van der Waals surface area contributed by atoms with E-state index in [1.807, 2.05) is 36.4 Å². The van der Waals surface area contributed by atoms with Crippen LogP contribution in [0.15, 0.2) is 42.5 Å². The smallest absolute Gasteiger partial charge is 0.255 e. The van der Waals surface area contributed by atoms with Gasteiger partial charge in [0.05, 0.1) is 11.6 Å². The fourth-order valence-electron chi connectivity index (χ4n) is 5.18. The normalized spacial score (nSPS) is 20.6. The van der Waals surface area contributed by atoms with Crippen LogP contribution >= 0.6 is 0 Å². The van der Waals surface area contributed by atoms with Gasteiger partial charge in [-0.1, -0.05) is 24.3 Å². The van der Waals surface area contributed by atoms with Crippen LogP contribution in [0.1, 0.15) is 57.4 Å². The summed E-state index contributed by atoms with van der Waals surface area (Å²) in [7, 11) is 0. The summed E-state index contributed by atoms with van der Waals surface area (Å²) in [5, 5.41) is 11.3. The number of fused-ring (bicyclic) bond motifs is 1. The van der Waals surface area contributed by atoms with E-state index in [2.05, 4.69) is 29.3 Å². The van der Waals surface area contributed by atoms with Crippen LogP contribution in [0.3, 0.4) is 0 Å². The highest BCUT2D eigenvalue weighted by molar-refractivity contribution is 6.05. The Kier molecular flexibility index (Phi) is 5.76. The molecular formula is C27H26N4O3. The molecule has 34 heavy (non-hydrogen) atoms. The standard InChI is InChI=1S/C27H26N4O3/c1-17-21(20-10-12-30(13-11-20)15-19-4-2-18(14-28)3-5-19)6-7-22-23(17)16-31(27(22)34)24-8-9-25(32)29-26(24)33/h2-7,10,24H,8-9,11-13,15-16H2,1H3,(H,29,32,33). The molecule has 0 aliphatic carbocycles. The van der Waals surface area contributed by atoms with Gasteiger partial charge in [-0.25, -0.2) is 0 Å². The number of rotatable bonds is 4. The maximum absolute atomic E-state index is 13.0. The molecule has 3 aliphatic rings. The first kappa shape index (κ1) is 22.1. The van der Waals surface area contributed by atoms with E-state index in [9.17, 15) is 14.4 Å². The number of hydrogen-bond acceptors (Lipinski definition) is 5. The van der Waals surface area contributed by atoms with Crippen LogP contribution in [0.5, 0.6) is 0 Å². The Morgan fingerprint density at radius 3 is 2.50 bits per heavy atom. The predicted molar refractivity (Wildman–Crippen MR) is 126 cm³/mol. The molecule has 5 rings (SSSR count). The van der Waals surface area contributed by atoms with Gasteiger partial charge >= 0.3 is 0 Å². The summed E-state index contributed by atoms with van der Waals surface area (Å²) in [5.74, 6) is -0.792. The fourth-order valence-corrected chi connectivity index (χ4v) is 5.18. The van der Waals surface area contributed by atoms with E-state index in [0.29, 0.717) is 24.1 Å². The number of imide groups is 1. The Hall–Kier alpha value is -3.76. The lowest BCUT2D eigenvalue weighted by molar-refractivity contribution is -0.136. The number of carbonyl (C=O) groups excluding carboxylic acids is 3. The number of nitriles is 1. The molecule has 3 aliphatic heterocycles. The van der Waals surface area contributed by atoms with Crippen LogP contribution in [0.2, 0.25) is 0 Å². The van der Waals surface area contributed by atoms with E-state index >= 15 is 0 Å². The molecule has 0 aromatic heterocycles. The Morgan fingerprint density at radius 2 is 1.82 bits per heavy atom. The van der Waals surface area contributed by atoms with Crippen molar-refractivity contribution in [2.24, 2.45) is 0 Å². The lowest BCUT2D eigenvalue weighted by Gasteiger charge is -2.29. The van der Waals surface area contributed by atoms with Gasteiger partial charge in [-0.05, 0) is 65.8 Å². The molecule has 0 saturated carbocycles. The van der Waals surface area contributed by atoms with Crippen molar-refractivity contribution in [2.45, 2.75) is 45.3 Å². The van der Waals surface area contributed by atoms with Crippen molar-refractivity contribution in [3.8, 4) is 6.07 Å². The summed E-state index contributed by atoms with van der Waals surface area (Å²) in [6.07, 6.45) is 3.81. The third kappa shape index (κ3) is 4.02. The average Bonchev–Trinajstić information content (AvgIpc) is 3.17. The number of benzene rings is 2. The summed E-state index contributed by atoms with van der Waals surface area (Å²) >= 11 is 0. The average molecular weight is 455 g/mol. The molecule has 0 spiro atoms. The zero-order valence-corrected chi connectivity index (χ0v) is 19.1. The Labute approximate surface area is 198 Å². The molecule has 2 aromatic rings. The third-order valence-corrected chi connectivity index (χ3v) is 7.13. The zero-order chi connectivity index (χ0) is 23.8. The van der Waals surface area contributed by atoms with Crippen LogP contribution in [0.4, 0.5) is 0 Å². The first-order valence-electron chi connectivity index (χ1n) is 11.6. The van der Waals surface area contributed by atoms with E-state index in [1.165, 1.54) is 11.1 Å². The number of nitrogens with zero attached hydrogens (tertiary/aromatic N) is 3. The van der Waals surface area contributed by atoms with Gasteiger partial charge in [0.2, 0.25) is 11.8 Å². The van der Waals surface area contributed by atoms with Gasteiger partial charge in [-0.2, -0.15) is 5.26 Å². The third-order valence-electron chi connectivity index (χ3n) is 7.13. The lowest BCUT2D eigenvalue weighted by atomic mass is 9.91. The molecule has 172 valence electrons. The molecule has 1 saturated heterocycles. The minimum Gasteiger partial charge on any atom is -0.322 e. The fraction of sp³-hybridized carbons (Fsp3) is 0.333. The first-order valence-corrected chi connectivity index (χ1v) is 11.6. The number of piperidine rings is 1. The topological polar surface area (TPSA) is 93.5 Å². The highest BCUT2D eigenvalue weighted by Gasteiger charge is 2.39. The van der Waals surface area contributed by atoms with Crippen LogP contribution in [0.25, 0.3) is 5.57 Å². The number of carbonyl (C=O) groups is 3. The van der Waals surface area contributed by atoms with Crippen molar-refractivity contribution in [3.05, 3.63) is 75.9 Å². The zero-order valence-electron chi connectivity index (χ0n) is 19.1. The van der Waals surface area contributed by atoms with E-state index < -0.39 is 6.04 Å². The van der Waals surface area contributed by atoms with Gasteiger partial charge in [-0.3, -0.25) is 24.6 Å². The summed E-state index contributed by atoms with van der Waals surface area (Å²) in [6, 6.07) is 13.2. The van der Waals surface area contributed by atoms with E-state index in [4.69, 9.17) is 5.26 Å². The van der Waals surface area contributed by atoms with Gasteiger partial charge in [0.1, 0.15) is 6.04 Å². The molecular weight excluding hydrogens is 428 g/mol. The van der Waals surface area contributed by atoms with E-state index in [1.54, 1.807) is 4.90 Å². The van der Waals surface area contributed by atoms with Crippen LogP contribution in [-0.2, 0) is 22.7 Å². The second kappa shape index (κ2) is 8.88. The molecule has 3 amide bonds. The highest BCUT2D eigenvalue weighted by Crippen LogP contribution is 2.35. The molecule has 0 bridgehead atoms. The molecule has 7 heteroatoms. The Morgan fingerprint density at radius 1 is 1.06 bits per heavy atom. The van der Waals surface area contributed by atoms with Crippen LogP contribution in [-0.4, -0.2) is 46.7 Å². The van der Waals surface area contributed by atoms with Gasteiger partial charge in [0, 0.05) is 38.2 Å². The molecule has 1 atom stereocenters. The second-order valence-electron chi connectivity index (χ2n) is 9.19. The van der Waals surface area contributed by atoms with Gasteiger partial charge in [0.15, 0.2) is 0 Å². The summed E-state index contributed by atoms with van der Waals surface area (Å²) < 4.78 is 0.